The van der Waals surface area contributed by atoms with E-state index in [0.717, 1.165) is 11.1 Å². The maximum absolute atomic E-state index is 7.21. The van der Waals surface area contributed by atoms with Crippen LogP contribution >= 0.6 is 0 Å². The lowest BCUT2D eigenvalue weighted by Gasteiger charge is -2.50. The molecule has 0 bridgehead atoms. The van der Waals surface area contributed by atoms with Crippen LogP contribution in [0, 0.1) is 0 Å². The Morgan fingerprint density at radius 2 is 1.10 bits per heavy atom. The molecule has 1 heterocycles. The molecule has 1 aliphatic rings. The van der Waals surface area contributed by atoms with Crippen molar-refractivity contribution in [1.29, 1.82) is 0 Å². The van der Waals surface area contributed by atoms with E-state index in [9.17, 15) is 0 Å². The third-order valence-electron chi connectivity index (χ3n) is 9.09. The first kappa shape index (κ1) is 33.2. The van der Waals surface area contributed by atoms with Gasteiger partial charge in [0.1, 0.15) is 24.4 Å². The third-order valence-corrected chi connectivity index (χ3v) is 18.1. The summed E-state index contributed by atoms with van der Waals surface area (Å²) < 4.78 is 34.0. The monoisotopic (exact) mass is 586 g/mol. The van der Waals surface area contributed by atoms with Crippen molar-refractivity contribution in [1.82, 2.24) is 0 Å². The Kier molecular flexibility index (Phi) is 11.0. The second-order valence-corrected chi connectivity index (χ2v) is 23.9. The van der Waals surface area contributed by atoms with E-state index in [1.165, 1.54) is 0 Å². The van der Waals surface area contributed by atoms with Crippen molar-refractivity contribution < 1.29 is 23.1 Å². The molecule has 2 aromatic carbocycles. The summed E-state index contributed by atoms with van der Waals surface area (Å²) in [6.07, 6.45) is -1.34. The van der Waals surface area contributed by atoms with Crippen molar-refractivity contribution in [3.63, 3.8) is 0 Å². The smallest absolute Gasteiger partial charge is 0.192 e. The predicted octanol–water partition coefficient (Wildman–Crippen LogP) is 8.36. The summed E-state index contributed by atoms with van der Waals surface area (Å²) in [6, 6.07) is 20.6. The number of benzene rings is 2. The molecule has 40 heavy (non-hydrogen) atoms. The van der Waals surface area contributed by atoms with Crippen LogP contribution in [0.15, 0.2) is 60.7 Å². The minimum Gasteiger partial charge on any atom is -0.414 e. The van der Waals surface area contributed by atoms with Crippen LogP contribution in [-0.2, 0) is 36.3 Å². The summed E-state index contributed by atoms with van der Waals surface area (Å²) in [5, 5.41) is 0.141. The number of hydrogen-bond acceptors (Lipinski definition) is 5. The molecule has 3 rings (SSSR count). The fourth-order valence-corrected chi connectivity index (χ4v) is 6.67. The van der Waals surface area contributed by atoms with Gasteiger partial charge >= 0.3 is 0 Å². The molecule has 0 aliphatic carbocycles. The van der Waals surface area contributed by atoms with E-state index in [1.807, 2.05) is 36.4 Å². The molecule has 0 radical (unpaired) electrons. The summed E-state index contributed by atoms with van der Waals surface area (Å²) in [6.45, 7) is 26.4. The standard InChI is InChI=1S/C33H54O5Si2/c1-25-29(34-22-26-18-14-12-15-19-26)31(38-40(10,11)33(5,6)7)30(35-23-27-20-16-13-17-21-27)28(37-25)24-36-39(8,9)32(2,3)4/h12-21,25,28-31H,22-24H2,1-11H3/t25-,28?,29?,30-,31?/m0/s1. The Morgan fingerprint density at radius 3 is 1.55 bits per heavy atom. The molecule has 1 saturated heterocycles. The quantitative estimate of drug-likeness (QED) is 0.248. The SMILES string of the molecule is C[C@@H]1OC(CO[Si](C)(C)C(C)(C)C)[C@H](OCc2ccccc2)C(O[Si](C)(C)C(C)(C)C)C1OCc1ccccc1. The lowest BCUT2D eigenvalue weighted by Crippen LogP contribution is -2.64. The Labute approximate surface area is 246 Å². The maximum Gasteiger partial charge on any atom is 0.192 e. The zero-order chi connectivity index (χ0) is 29.8. The fraction of sp³-hybridized carbons (Fsp3) is 0.636. The second-order valence-electron chi connectivity index (χ2n) is 14.3. The van der Waals surface area contributed by atoms with E-state index in [1.54, 1.807) is 0 Å². The van der Waals surface area contributed by atoms with Crippen LogP contribution < -0.4 is 0 Å². The van der Waals surface area contributed by atoms with E-state index in [-0.39, 0.29) is 40.6 Å². The molecule has 0 spiro atoms. The zero-order valence-corrected chi connectivity index (χ0v) is 28.8. The van der Waals surface area contributed by atoms with Gasteiger partial charge < -0.3 is 23.1 Å². The molecule has 0 aromatic heterocycles. The van der Waals surface area contributed by atoms with Gasteiger partial charge in [0.15, 0.2) is 16.6 Å². The van der Waals surface area contributed by atoms with E-state index in [2.05, 4.69) is 98.9 Å². The van der Waals surface area contributed by atoms with Gasteiger partial charge in [0.2, 0.25) is 0 Å². The van der Waals surface area contributed by atoms with Crippen LogP contribution in [0.4, 0.5) is 0 Å². The van der Waals surface area contributed by atoms with E-state index in [0.29, 0.717) is 19.8 Å². The molecule has 5 atom stereocenters. The lowest BCUT2D eigenvalue weighted by atomic mass is 9.95. The first-order valence-corrected chi connectivity index (χ1v) is 20.6. The van der Waals surface area contributed by atoms with Gasteiger partial charge in [-0.25, -0.2) is 0 Å². The van der Waals surface area contributed by atoms with Crippen molar-refractivity contribution in [2.75, 3.05) is 6.61 Å². The molecule has 3 unspecified atom stereocenters. The van der Waals surface area contributed by atoms with Crippen LogP contribution in [0.2, 0.25) is 36.3 Å². The first-order valence-electron chi connectivity index (χ1n) is 14.8. The third kappa shape index (κ3) is 8.60. The summed E-state index contributed by atoms with van der Waals surface area (Å²) in [4.78, 5) is 0. The lowest BCUT2D eigenvalue weighted by molar-refractivity contribution is -0.248. The fourth-order valence-electron chi connectivity index (χ4n) is 4.35. The van der Waals surface area contributed by atoms with Crippen molar-refractivity contribution >= 4 is 16.6 Å². The molecule has 2 aromatic rings. The van der Waals surface area contributed by atoms with Crippen LogP contribution in [0.1, 0.15) is 59.6 Å². The Bertz CT molecular complexity index is 1030. The van der Waals surface area contributed by atoms with Crippen LogP contribution in [-0.4, -0.2) is 53.8 Å². The average molecular weight is 587 g/mol. The van der Waals surface area contributed by atoms with E-state index < -0.39 is 16.6 Å². The van der Waals surface area contributed by atoms with Crippen LogP contribution in [0.5, 0.6) is 0 Å². The molecule has 224 valence electrons. The molecule has 0 N–H and O–H groups in total. The van der Waals surface area contributed by atoms with Gasteiger partial charge in [0, 0.05) is 0 Å². The summed E-state index contributed by atoms with van der Waals surface area (Å²) >= 11 is 0. The number of ether oxygens (including phenoxy) is 3. The highest BCUT2D eigenvalue weighted by atomic mass is 28.4. The first-order chi connectivity index (χ1) is 18.5. The zero-order valence-electron chi connectivity index (χ0n) is 26.8. The summed E-state index contributed by atoms with van der Waals surface area (Å²) in [5.74, 6) is 0. The number of hydrogen-bond donors (Lipinski definition) is 0. The van der Waals surface area contributed by atoms with Gasteiger partial charge in [-0.3, -0.25) is 0 Å². The van der Waals surface area contributed by atoms with Gasteiger partial charge in [0.05, 0.1) is 25.9 Å². The van der Waals surface area contributed by atoms with E-state index in [4.69, 9.17) is 23.1 Å². The molecule has 7 heteroatoms. The summed E-state index contributed by atoms with van der Waals surface area (Å²) in [5.41, 5.74) is 2.25. The topological polar surface area (TPSA) is 46.2 Å². The Morgan fingerprint density at radius 1 is 0.650 bits per heavy atom. The average Bonchev–Trinajstić information content (AvgIpc) is 2.86. The predicted molar refractivity (Wildman–Crippen MR) is 170 cm³/mol. The van der Waals surface area contributed by atoms with Gasteiger partial charge in [-0.1, -0.05) is 102 Å². The Hall–Kier alpha value is -1.33. The second kappa shape index (κ2) is 13.3. The molecular formula is C33H54O5Si2. The molecule has 5 nitrogen and oxygen atoms in total. The maximum atomic E-state index is 7.21. The van der Waals surface area contributed by atoms with E-state index >= 15 is 0 Å². The normalized spacial score (nSPS) is 24.7. The van der Waals surface area contributed by atoms with Gasteiger partial charge in [-0.15, -0.1) is 0 Å². The van der Waals surface area contributed by atoms with Crippen molar-refractivity contribution in [2.45, 2.75) is 128 Å². The van der Waals surface area contributed by atoms with Crippen LogP contribution in [0.25, 0.3) is 0 Å². The highest BCUT2D eigenvalue weighted by molar-refractivity contribution is 6.74. The van der Waals surface area contributed by atoms with Crippen LogP contribution in [0.3, 0.4) is 0 Å². The molecule has 0 saturated carbocycles. The Balaban J connectivity index is 1.95. The minimum atomic E-state index is -2.19. The highest BCUT2D eigenvalue weighted by Crippen LogP contribution is 2.41. The van der Waals surface area contributed by atoms with Crippen molar-refractivity contribution in [2.24, 2.45) is 0 Å². The minimum absolute atomic E-state index is 0.0373. The molecular weight excluding hydrogens is 533 g/mol. The van der Waals surface area contributed by atoms with Crippen molar-refractivity contribution in [3.05, 3.63) is 71.8 Å². The summed E-state index contributed by atoms with van der Waals surface area (Å²) in [7, 11) is -4.19. The highest BCUT2D eigenvalue weighted by Gasteiger charge is 2.51. The molecule has 1 aliphatic heterocycles. The molecule has 0 amide bonds. The van der Waals surface area contributed by atoms with Crippen molar-refractivity contribution in [3.8, 4) is 0 Å². The van der Waals surface area contributed by atoms with Gasteiger partial charge in [-0.2, -0.15) is 0 Å². The largest absolute Gasteiger partial charge is 0.414 e. The molecule has 1 fully saturated rings. The van der Waals surface area contributed by atoms with Gasteiger partial charge in [0.25, 0.3) is 0 Å². The number of rotatable bonds is 11. The van der Waals surface area contributed by atoms with Gasteiger partial charge in [-0.05, 0) is 54.3 Å².